The maximum atomic E-state index is 13.8. The Kier molecular flexibility index (Phi) is 12.8. The molecule has 0 aliphatic heterocycles. The van der Waals surface area contributed by atoms with E-state index in [1.165, 1.54) is 12.1 Å². The van der Waals surface area contributed by atoms with E-state index in [1.807, 2.05) is 97.9 Å². The molecule has 10 heteroatoms. The average Bonchev–Trinajstić information content (AvgIpc) is 3.04. The van der Waals surface area contributed by atoms with Crippen LogP contribution < -0.4 is 10.6 Å². The van der Waals surface area contributed by atoms with Gasteiger partial charge in [0.2, 0.25) is 0 Å². The van der Waals surface area contributed by atoms with Crippen molar-refractivity contribution in [2.75, 3.05) is 0 Å². The molecular weight excluding hydrogens is 628 g/mol. The molecule has 0 aromatic heterocycles. The van der Waals surface area contributed by atoms with E-state index in [1.54, 1.807) is 32.9 Å². The quantitative estimate of drug-likeness (QED) is 0.137. The van der Waals surface area contributed by atoms with Gasteiger partial charge in [0.05, 0.1) is 17.0 Å². The molecule has 0 saturated heterocycles. The molecule has 0 saturated carbocycles. The second-order valence-electron chi connectivity index (χ2n) is 12.7. The number of amides is 2. The molecule has 48 heavy (non-hydrogen) atoms. The number of benzene rings is 4. The van der Waals surface area contributed by atoms with Gasteiger partial charge < -0.3 is 20.1 Å². The van der Waals surface area contributed by atoms with E-state index in [2.05, 4.69) is 10.6 Å². The largest absolute Gasteiger partial charge is 0.445 e. The van der Waals surface area contributed by atoms with Crippen LogP contribution in [0.25, 0.3) is 0 Å². The third-order valence-electron chi connectivity index (χ3n) is 7.39. The molecule has 0 unspecified atom stereocenters. The van der Waals surface area contributed by atoms with Gasteiger partial charge in [-0.1, -0.05) is 109 Å². The molecule has 4 rings (SSSR count). The normalized spacial score (nSPS) is 13.5. The van der Waals surface area contributed by atoms with Crippen LogP contribution in [0.5, 0.6) is 0 Å². The summed E-state index contributed by atoms with van der Waals surface area (Å²) in [5.74, 6) is 0. The summed E-state index contributed by atoms with van der Waals surface area (Å²) >= 11 is 0. The molecule has 0 fully saturated rings. The molecule has 3 atom stereocenters. The van der Waals surface area contributed by atoms with Crippen molar-refractivity contribution in [2.24, 2.45) is 0 Å². The maximum absolute atomic E-state index is 13.8. The van der Waals surface area contributed by atoms with Crippen LogP contribution in [0.1, 0.15) is 49.4 Å². The molecular formula is C38H44N2O7S. The molecule has 0 bridgehead atoms. The molecule has 0 aliphatic carbocycles. The van der Waals surface area contributed by atoms with Crippen LogP contribution in [-0.4, -0.2) is 44.4 Å². The van der Waals surface area contributed by atoms with Crippen LogP contribution >= 0.6 is 0 Å². The van der Waals surface area contributed by atoms with E-state index >= 15 is 0 Å². The van der Waals surface area contributed by atoms with Crippen molar-refractivity contribution in [1.82, 2.24) is 10.6 Å². The lowest BCUT2D eigenvalue weighted by Gasteiger charge is -2.31. The molecule has 4 aromatic rings. The van der Waals surface area contributed by atoms with Gasteiger partial charge in [0.1, 0.15) is 12.2 Å². The van der Waals surface area contributed by atoms with Gasteiger partial charge in [0.25, 0.3) is 10.1 Å². The summed E-state index contributed by atoms with van der Waals surface area (Å²) in [7, 11) is -4.32. The summed E-state index contributed by atoms with van der Waals surface area (Å²) in [6, 6.07) is 32.9. The fraction of sp³-hybridized carbons (Fsp3) is 0.316. The predicted octanol–water partition coefficient (Wildman–Crippen LogP) is 7.13. The van der Waals surface area contributed by atoms with Crippen LogP contribution in [0, 0.1) is 6.92 Å². The minimum atomic E-state index is -4.32. The third-order valence-corrected chi connectivity index (χ3v) is 8.74. The highest BCUT2D eigenvalue weighted by atomic mass is 32.2. The smallest absolute Gasteiger partial charge is 0.407 e. The molecule has 9 nitrogen and oxygen atoms in total. The zero-order chi connectivity index (χ0) is 34.6. The van der Waals surface area contributed by atoms with Crippen LogP contribution in [0.2, 0.25) is 0 Å². The summed E-state index contributed by atoms with van der Waals surface area (Å²) in [5, 5.41) is 5.81. The number of aryl methyl sites for hydroxylation is 1. The van der Waals surface area contributed by atoms with Crippen molar-refractivity contribution < 1.29 is 31.7 Å². The Morgan fingerprint density at radius 3 is 1.75 bits per heavy atom. The van der Waals surface area contributed by atoms with E-state index in [4.69, 9.17) is 13.7 Å². The average molecular weight is 673 g/mol. The Morgan fingerprint density at radius 1 is 0.688 bits per heavy atom. The molecule has 254 valence electrons. The lowest BCUT2D eigenvalue weighted by Crippen LogP contribution is -2.50. The first-order chi connectivity index (χ1) is 22.9. The second-order valence-corrected chi connectivity index (χ2v) is 14.2. The summed E-state index contributed by atoms with van der Waals surface area (Å²) in [6.07, 6.45) is -1.94. The zero-order valence-corrected chi connectivity index (χ0v) is 28.6. The molecule has 2 amide bonds. The summed E-state index contributed by atoms with van der Waals surface area (Å²) in [4.78, 5) is 26.3. The Bertz CT molecular complexity index is 1690. The van der Waals surface area contributed by atoms with E-state index in [0.29, 0.717) is 6.42 Å². The number of rotatable bonds is 14. The van der Waals surface area contributed by atoms with Gasteiger partial charge in [0, 0.05) is 6.04 Å². The highest BCUT2D eigenvalue weighted by Crippen LogP contribution is 2.23. The number of ether oxygens (including phenoxy) is 2. The van der Waals surface area contributed by atoms with Gasteiger partial charge in [-0.25, -0.2) is 9.59 Å². The summed E-state index contributed by atoms with van der Waals surface area (Å²) < 4.78 is 44.7. The molecule has 0 radical (unpaired) electrons. The van der Waals surface area contributed by atoms with Crippen LogP contribution in [0.4, 0.5) is 9.59 Å². The second kappa shape index (κ2) is 16.9. The van der Waals surface area contributed by atoms with E-state index in [9.17, 15) is 18.0 Å². The van der Waals surface area contributed by atoms with Crippen LogP contribution in [0.3, 0.4) is 0 Å². The van der Waals surface area contributed by atoms with E-state index < -0.39 is 46.1 Å². The summed E-state index contributed by atoms with van der Waals surface area (Å²) in [5.41, 5.74) is 2.68. The van der Waals surface area contributed by atoms with Crippen molar-refractivity contribution >= 4 is 22.3 Å². The van der Waals surface area contributed by atoms with Crippen molar-refractivity contribution in [3.05, 3.63) is 138 Å². The van der Waals surface area contributed by atoms with Gasteiger partial charge >= 0.3 is 12.2 Å². The standard InChI is InChI=1S/C38H44N2O7S/c1-28-20-22-33(23-21-28)48(43,44)47-35(26-32(24-29-14-8-5-9-15-29)39-37(42)46-38(2,3)4)34(25-30-16-10-6-11-17-30)40-36(41)45-27-31-18-12-7-13-19-31/h5-23,32,34-35H,24-27H2,1-4H3,(H,39,42)(H,40,41)/t32-,34-,35-/m0/s1. The van der Waals surface area contributed by atoms with E-state index in [0.717, 1.165) is 22.3 Å². The fourth-order valence-corrected chi connectivity index (χ4v) is 6.22. The van der Waals surface area contributed by atoms with Gasteiger partial charge in [-0.3, -0.25) is 4.18 Å². The monoisotopic (exact) mass is 672 g/mol. The number of carbonyl (C=O) groups excluding carboxylic acids is 2. The first-order valence-corrected chi connectivity index (χ1v) is 17.3. The van der Waals surface area contributed by atoms with Crippen molar-refractivity contribution in [3.8, 4) is 0 Å². The van der Waals surface area contributed by atoms with Gasteiger partial charge in [-0.2, -0.15) is 8.42 Å². The number of hydrogen-bond acceptors (Lipinski definition) is 7. The number of hydrogen-bond donors (Lipinski definition) is 2. The van der Waals surface area contributed by atoms with Crippen molar-refractivity contribution in [2.45, 2.75) is 82.2 Å². The molecule has 0 spiro atoms. The zero-order valence-electron chi connectivity index (χ0n) is 27.8. The van der Waals surface area contributed by atoms with Gasteiger partial charge in [-0.05, 0) is 75.8 Å². The first kappa shape index (κ1) is 36.2. The molecule has 4 aromatic carbocycles. The first-order valence-electron chi connectivity index (χ1n) is 15.9. The van der Waals surface area contributed by atoms with Crippen molar-refractivity contribution in [3.63, 3.8) is 0 Å². The fourth-order valence-electron chi connectivity index (χ4n) is 5.10. The Labute approximate surface area is 283 Å². The Balaban J connectivity index is 1.70. The highest BCUT2D eigenvalue weighted by molar-refractivity contribution is 7.86. The number of alkyl carbamates (subject to hydrolysis) is 2. The van der Waals surface area contributed by atoms with Crippen molar-refractivity contribution in [1.29, 1.82) is 0 Å². The Hall–Kier alpha value is -4.67. The van der Waals surface area contributed by atoms with Crippen LogP contribution in [-0.2, 0) is 43.2 Å². The molecule has 0 aliphatic rings. The van der Waals surface area contributed by atoms with Gasteiger partial charge in [0.15, 0.2) is 0 Å². The Morgan fingerprint density at radius 2 is 1.21 bits per heavy atom. The third kappa shape index (κ3) is 12.2. The molecule has 2 N–H and O–H groups in total. The lowest BCUT2D eigenvalue weighted by atomic mass is 9.94. The summed E-state index contributed by atoms with van der Waals surface area (Å²) in [6.45, 7) is 7.17. The topological polar surface area (TPSA) is 120 Å². The number of nitrogens with one attached hydrogen (secondary N) is 2. The minimum Gasteiger partial charge on any atom is -0.445 e. The molecule has 0 heterocycles. The predicted molar refractivity (Wildman–Crippen MR) is 185 cm³/mol. The maximum Gasteiger partial charge on any atom is 0.407 e. The number of carbonyl (C=O) groups is 2. The van der Waals surface area contributed by atoms with Crippen LogP contribution in [0.15, 0.2) is 120 Å². The SMILES string of the molecule is Cc1ccc(S(=O)(=O)O[C@@H](C[C@H](Cc2ccccc2)NC(=O)OC(C)(C)C)[C@H](Cc2ccccc2)NC(=O)OCc2ccccc2)cc1. The van der Waals surface area contributed by atoms with Gasteiger partial charge in [-0.15, -0.1) is 0 Å². The highest BCUT2D eigenvalue weighted by Gasteiger charge is 2.34. The minimum absolute atomic E-state index is 0.00962. The van der Waals surface area contributed by atoms with E-state index in [-0.39, 0.29) is 24.3 Å². The lowest BCUT2D eigenvalue weighted by molar-refractivity contribution is 0.0478.